The molecule has 9 heteroatoms. The maximum Gasteiger partial charge on any atom is 0.376 e. The Labute approximate surface area is 203 Å². The van der Waals surface area contributed by atoms with E-state index in [0.29, 0.717) is 12.2 Å². The van der Waals surface area contributed by atoms with Gasteiger partial charge in [0.1, 0.15) is 12.0 Å². The van der Waals surface area contributed by atoms with Crippen molar-refractivity contribution < 1.29 is 27.9 Å². The molecule has 0 bridgehead atoms. The zero-order valence-corrected chi connectivity index (χ0v) is 23.0. The van der Waals surface area contributed by atoms with Gasteiger partial charge >= 0.3 is 13.6 Å². The van der Waals surface area contributed by atoms with Gasteiger partial charge in [0.15, 0.2) is 0 Å². The zero-order chi connectivity index (χ0) is 25.7. The molecule has 8 nitrogen and oxygen atoms in total. The number of nitrogens with one attached hydrogen (secondary N) is 1. The third-order valence-corrected chi connectivity index (χ3v) is 9.15. The number of ether oxygens (including phenoxy) is 1. The van der Waals surface area contributed by atoms with Crippen molar-refractivity contribution >= 4 is 19.5 Å². The number of hydrogen-bond acceptors (Lipinski definition) is 6. The van der Waals surface area contributed by atoms with E-state index in [1.807, 2.05) is 55.4 Å². The molecule has 2 aliphatic rings. The van der Waals surface area contributed by atoms with Crippen LogP contribution >= 0.6 is 7.60 Å². The molecule has 2 aliphatic heterocycles. The quantitative estimate of drug-likeness (QED) is 0.549. The molecule has 0 radical (unpaired) electrons. The lowest BCUT2D eigenvalue weighted by Gasteiger charge is -2.45. The van der Waals surface area contributed by atoms with Crippen molar-refractivity contribution in [3.05, 3.63) is 27.8 Å². The Morgan fingerprint density at radius 1 is 1.03 bits per heavy atom. The van der Waals surface area contributed by atoms with Crippen LogP contribution in [0.1, 0.15) is 61.9 Å². The second-order valence-electron chi connectivity index (χ2n) is 10.5. The summed E-state index contributed by atoms with van der Waals surface area (Å²) in [6.45, 7) is 19.1. The molecule has 2 fully saturated rings. The molecule has 0 aliphatic carbocycles. The van der Waals surface area contributed by atoms with Crippen LogP contribution in [0.5, 0.6) is 5.75 Å². The number of amides is 3. The minimum Gasteiger partial charge on any atom is -0.424 e. The molecule has 0 spiro atoms. The Kier molecular flexibility index (Phi) is 7.30. The summed E-state index contributed by atoms with van der Waals surface area (Å²) in [6.07, 6.45) is -0.249. The van der Waals surface area contributed by atoms with E-state index in [1.165, 1.54) is 12.2 Å². The predicted molar refractivity (Wildman–Crippen MR) is 131 cm³/mol. The number of carbonyl (C=O) groups excluding carboxylic acids is 2. The first-order chi connectivity index (χ1) is 15.6. The fourth-order valence-corrected chi connectivity index (χ4v) is 5.74. The van der Waals surface area contributed by atoms with E-state index in [0.717, 1.165) is 22.3 Å². The molecule has 5 atom stereocenters. The number of imide groups is 1. The molecule has 2 heterocycles. The van der Waals surface area contributed by atoms with Gasteiger partial charge in [-0.25, -0.2) is 9.36 Å². The number of nitrogens with zero attached hydrogens (tertiary/aromatic N) is 1. The fourth-order valence-electron chi connectivity index (χ4n) is 4.66. The van der Waals surface area contributed by atoms with E-state index in [4.69, 9.17) is 13.8 Å². The SMILES string of the molecule is Cc1c(C)c(C)c(OP(C)(=O)OCC2OC(N3C(=O)NC(=O)C(C)(C)C3C)CC2C)c(C)c1C. The lowest BCUT2D eigenvalue weighted by atomic mass is 9.81. The molecular weight excluding hydrogens is 455 g/mol. The normalized spacial score (nSPS) is 28.6. The van der Waals surface area contributed by atoms with Gasteiger partial charge in [0, 0.05) is 12.7 Å². The Balaban J connectivity index is 1.69. The lowest BCUT2D eigenvalue weighted by Crippen LogP contribution is -2.65. The van der Waals surface area contributed by atoms with Crippen LogP contribution in [-0.4, -0.2) is 48.5 Å². The first-order valence-electron chi connectivity index (χ1n) is 11.9. The van der Waals surface area contributed by atoms with Crippen molar-refractivity contribution in [2.75, 3.05) is 13.3 Å². The van der Waals surface area contributed by atoms with Crippen molar-refractivity contribution in [1.29, 1.82) is 0 Å². The molecule has 0 aromatic heterocycles. The van der Waals surface area contributed by atoms with Gasteiger partial charge in [-0.05, 0) is 95.5 Å². The van der Waals surface area contributed by atoms with Gasteiger partial charge < -0.3 is 9.26 Å². The monoisotopic (exact) mass is 494 g/mol. The molecule has 34 heavy (non-hydrogen) atoms. The first kappa shape index (κ1) is 26.7. The van der Waals surface area contributed by atoms with E-state index >= 15 is 0 Å². The molecule has 1 aromatic rings. The van der Waals surface area contributed by atoms with E-state index in [1.54, 1.807) is 4.90 Å². The van der Waals surface area contributed by atoms with Gasteiger partial charge in [-0.1, -0.05) is 6.92 Å². The molecule has 3 rings (SSSR count). The van der Waals surface area contributed by atoms with E-state index in [-0.39, 0.29) is 30.6 Å². The summed E-state index contributed by atoms with van der Waals surface area (Å²) in [4.78, 5) is 26.4. The largest absolute Gasteiger partial charge is 0.424 e. The highest BCUT2D eigenvalue weighted by Crippen LogP contribution is 2.48. The second kappa shape index (κ2) is 9.29. The first-order valence-corrected chi connectivity index (χ1v) is 13.8. The van der Waals surface area contributed by atoms with Crippen LogP contribution in [-0.2, 0) is 18.6 Å². The molecule has 1 N–H and O–H groups in total. The van der Waals surface area contributed by atoms with Crippen molar-refractivity contribution in [2.45, 2.75) is 87.1 Å². The average molecular weight is 495 g/mol. The number of rotatable bonds is 6. The smallest absolute Gasteiger partial charge is 0.376 e. The van der Waals surface area contributed by atoms with Gasteiger partial charge in [0.25, 0.3) is 0 Å². The summed E-state index contributed by atoms with van der Waals surface area (Å²) in [5.74, 6) is 0.386. The summed E-state index contributed by atoms with van der Waals surface area (Å²) < 4.78 is 31.2. The van der Waals surface area contributed by atoms with E-state index in [9.17, 15) is 14.2 Å². The second-order valence-corrected chi connectivity index (χ2v) is 12.5. The number of urea groups is 1. The zero-order valence-electron chi connectivity index (χ0n) is 22.1. The molecule has 190 valence electrons. The lowest BCUT2D eigenvalue weighted by molar-refractivity contribution is -0.140. The van der Waals surface area contributed by atoms with Gasteiger partial charge in [0.2, 0.25) is 5.91 Å². The minimum absolute atomic E-state index is 0.0677. The highest BCUT2D eigenvalue weighted by Gasteiger charge is 2.50. The van der Waals surface area contributed by atoms with Gasteiger partial charge in [-0.15, -0.1) is 0 Å². The fraction of sp³-hybridized carbons (Fsp3) is 0.680. The highest BCUT2D eigenvalue weighted by atomic mass is 31.2. The summed E-state index contributed by atoms with van der Waals surface area (Å²) in [5.41, 5.74) is 4.61. The number of carbonyl (C=O) groups is 2. The minimum atomic E-state index is -3.42. The summed E-state index contributed by atoms with van der Waals surface area (Å²) in [7, 11) is -3.42. The summed E-state index contributed by atoms with van der Waals surface area (Å²) >= 11 is 0. The Hall–Kier alpha value is -1.89. The van der Waals surface area contributed by atoms with Crippen LogP contribution in [0.25, 0.3) is 0 Å². The van der Waals surface area contributed by atoms with Crippen molar-refractivity contribution in [3.63, 3.8) is 0 Å². The van der Waals surface area contributed by atoms with Crippen LogP contribution in [0.2, 0.25) is 0 Å². The molecule has 1 aromatic carbocycles. The molecule has 0 saturated carbocycles. The van der Waals surface area contributed by atoms with Crippen LogP contribution in [0.4, 0.5) is 4.79 Å². The third-order valence-electron chi connectivity index (χ3n) is 8.01. The van der Waals surface area contributed by atoms with Crippen molar-refractivity contribution in [3.8, 4) is 5.75 Å². The van der Waals surface area contributed by atoms with Crippen LogP contribution in [0.15, 0.2) is 0 Å². The van der Waals surface area contributed by atoms with Crippen molar-refractivity contribution in [1.82, 2.24) is 10.2 Å². The van der Waals surface area contributed by atoms with E-state index < -0.39 is 25.3 Å². The third kappa shape index (κ3) is 4.77. The predicted octanol–water partition coefficient (Wildman–Crippen LogP) is 5.16. The van der Waals surface area contributed by atoms with Crippen LogP contribution < -0.4 is 9.84 Å². The van der Waals surface area contributed by atoms with Crippen molar-refractivity contribution in [2.24, 2.45) is 11.3 Å². The Bertz CT molecular complexity index is 1020. The molecular formula is C25H39N2O6P. The van der Waals surface area contributed by atoms with Crippen LogP contribution in [0, 0.1) is 46.0 Å². The Morgan fingerprint density at radius 2 is 1.56 bits per heavy atom. The average Bonchev–Trinajstić information content (AvgIpc) is 3.11. The summed E-state index contributed by atoms with van der Waals surface area (Å²) in [5, 5.41) is 2.44. The number of hydrogen-bond donors (Lipinski definition) is 1. The maximum absolute atomic E-state index is 13.3. The number of benzene rings is 1. The van der Waals surface area contributed by atoms with Gasteiger partial charge in [0.05, 0.1) is 18.1 Å². The summed E-state index contributed by atoms with van der Waals surface area (Å²) in [6, 6.07) is -0.777. The van der Waals surface area contributed by atoms with Gasteiger partial charge in [-0.2, -0.15) is 0 Å². The maximum atomic E-state index is 13.3. The molecule has 3 amide bonds. The highest BCUT2D eigenvalue weighted by molar-refractivity contribution is 7.53. The van der Waals surface area contributed by atoms with E-state index in [2.05, 4.69) is 12.2 Å². The standard InChI is InChI=1S/C25H39N2O6P/c1-13-11-21(27-19(7)25(8,9)23(28)26-24(27)29)32-20(13)12-31-34(10,30)33-22-17(5)15(3)14(2)16(4)18(22)6/h13,19-21H,11-12H2,1-10H3,(H,26,28,29). The molecule has 5 unspecified atom stereocenters. The Morgan fingerprint density at radius 3 is 2.12 bits per heavy atom. The van der Waals surface area contributed by atoms with Gasteiger partial charge in [-0.3, -0.25) is 19.5 Å². The molecule has 2 saturated heterocycles. The topological polar surface area (TPSA) is 94.2 Å². The van der Waals surface area contributed by atoms with Crippen LogP contribution in [0.3, 0.4) is 0 Å².